The van der Waals surface area contributed by atoms with Gasteiger partial charge in [-0.25, -0.2) is 4.98 Å². The fourth-order valence-electron chi connectivity index (χ4n) is 2.86. The van der Waals surface area contributed by atoms with Gasteiger partial charge in [0.1, 0.15) is 18.2 Å². The molecule has 0 aliphatic rings. The van der Waals surface area contributed by atoms with Crippen molar-refractivity contribution in [2.75, 3.05) is 0 Å². The largest absolute Gasteiger partial charge is 0.487 e. The van der Waals surface area contributed by atoms with Gasteiger partial charge in [0.05, 0.1) is 6.20 Å². The molecule has 3 rings (SSSR count). The number of pyridine rings is 1. The van der Waals surface area contributed by atoms with Crippen LogP contribution in [0.25, 0.3) is 0 Å². The number of nitrogens with zero attached hydrogens (tertiary/aromatic N) is 2. The topological polar surface area (TPSA) is 50.8 Å². The number of hydrogen-bond donors (Lipinski definition) is 1. The maximum absolute atomic E-state index is 6.07. The third-order valence-corrected chi connectivity index (χ3v) is 4.45. The second-order valence-corrected chi connectivity index (χ2v) is 6.43. The highest BCUT2D eigenvalue weighted by molar-refractivity contribution is 6.30. The number of benzene rings is 1. The molecule has 2 aromatic heterocycles. The maximum Gasteiger partial charge on any atom is 0.142 e. The van der Waals surface area contributed by atoms with Crippen LogP contribution in [0.1, 0.15) is 49.1 Å². The van der Waals surface area contributed by atoms with Crippen molar-refractivity contribution in [1.82, 2.24) is 15.0 Å². The molecule has 130 valence electrons. The second-order valence-electron chi connectivity index (χ2n) is 6.00. The first kappa shape index (κ1) is 17.5. The molecule has 3 aromatic rings. The van der Waals surface area contributed by atoms with Crippen LogP contribution >= 0.6 is 11.6 Å². The van der Waals surface area contributed by atoms with Crippen LogP contribution in [0.5, 0.6) is 5.75 Å². The number of H-pyrrole nitrogens is 1. The second kappa shape index (κ2) is 8.67. The van der Waals surface area contributed by atoms with Gasteiger partial charge in [-0.3, -0.25) is 4.98 Å². The van der Waals surface area contributed by atoms with Crippen LogP contribution < -0.4 is 4.74 Å². The van der Waals surface area contributed by atoms with E-state index in [2.05, 4.69) is 21.9 Å². The van der Waals surface area contributed by atoms with E-state index in [-0.39, 0.29) is 5.92 Å². The summed E-state index contributed by atoms with van der Waals surface area (Å²) in [5.74, 6) is 1.95. The van der Waals surface area contributed by atoms with Gasteiger partial charge in [0.2, 0.25) is 0 Å². The van der Waals surface area contributed by atoms with Crippen LogP contribution in [0.4, 0.5) is 0 Å². The minimum absolute atomic E-state index is 0.179. The molecule has 0 saturated heterocycles. The minimum atomic E-state index is 0.179. The van der Waals surface area contributed by atoms with E-state index in [0.717, 1.165) is 47.0 Å². The molecule has 0 bridgehead atoms. The quantitative estimate of drug-likeness (QED) is 0.591. The highest BCUT2D eigenvalue weighted by Crippen LogP contribution is 2.33. The number of ether oxygens (including phenoxy) is 1. The minimum Gasteiger partial charge on any atom is -0.487 e. The Morgan fingerprint density at radius 2 is 2.00 bits per heavy atom. The third-order valence-electron chi connectivity index (χ3n) is 4.20. The van der Waals surface area contributed by atoms with Gasteiger partial charge in [0, 0.05) is 35.1 Å². The Labute approximate surface area is 153 Å². The van der Waals surface area contributed by atoms with Crippen molar-refractivity contribution in [2.24, 2.45) is 0 Å². The normalized spacial score (nSPS) is 12.1. The Hall–Kier alpha value is -2.33. The Morgan fingerprint density at radius 3 is 2.72 bits per heavy atom. The fraction of sp³-hybridized carbons (Fsp3) is 0.300. The molecule has 1 atom stereocenters. The van der Waals surface area contributed by atoms with Gasteiger partial charge in [-0.1, -0.05) is 43.5 Å². The summed E-state index contributed by atoms with van der Waals surface area (Å²) in [6.07, 6.45) is 10.5. The number of halogens is 1. The molecule has 0 amide bonds. The van der Waals surface area contributed by atoms with Gasteiger partial charge in [-0.2, -0.15) is 0 Å². The molecule has 5 heteroatoms. The van der Waals surface area contributed by atoms with E-state index in [1.165, 1.54) is 0 Å². The number of nitrogens with one attached hydrogen (secondary N) is 1. The van der Waals surface area contributed by atoms with Crippen molar-refractivity contribution >= 4 is 11.6 Å². The lowest BCUT2D eigenvalue weighted by atomic mass is 9.93. The zero-order valence-electron chi connectivity index (χ0n) is 14.3. The van der Waals surface area contributed by atoms with Crippen LogP contribution in [-0.4, -0.2) is 15.0 Å². The maximum atomic E-state index is 6.07. The summed E-state index contributed by atoms with van der Waals surface area (Å²) in [6.45, 7) is 2.68. The van der Waals surface area contributed by atoms with Gasteiger partial charge < -0.3 is 9.72 Å². The van der Waals surface area contributed by atoms with Crippen molar-refractivity contribution in [1.29, 1.82) is 0 Å². The van der Waals surface area contributed by atoms with Crippen molar-refractivity contribution in [3.8, 4) is 5.75 Å². The van der Waals surface area contributed by atoms with Crippen LogP contribution in [-0.2, 0) is 6.61 Å². The highest BCUT2D eigenvalue weighted by Gasteiger charge is 2.20. The summed E-state index contributed by atoms with van der Waals surface area (Å²) in [4.78, 5) is 12.0. The molecule has 2 heterocycles. The zero-order valence-corrected chi connectivity index (χ0v) is 15.0. The average Bonchev–Trinajstić information content (AvgIpc) is 3.17. The molecule has 25 heavy (non-hydrogen) atoms. The van der Waals surface area contributed by atoms with Gasteiger partial charge in [0.25, 0.3) is 0 Å². The van der Waals surface area contributed by atoms with E-state index in [0.29, 0.717) is 6.61 Å². The lowest BCUT2D eigenvalue weighted by Gasteiger charge is -2.18. The Morgan fingerprint density at radius 1 is 1.16 bits per heavy atom. The monoisotopic (exact) mass is 355 g/mol. The predicted molar refractivity (Wildman–Crippen MR) is 100.0 cm³/mol. The molecule has 1 unspecified atom stereocenters. The van der Waals surface area contributed by atoms with Crippen LogP contribution in [0.2, 0.25) is 5.02 Å². The molecule has 0 aliphatic carbocycles. The van der Waals surface area contributed by atoms with Gasteiger partial charge in [-0.05, 0) is 30.2 Å². The van der Waals surface area contributed by atoms with Crippen molar-refractivity contribution in [3.05, 3.63) is 77.1 Å². The standard InChI is InChI=1S/C20H22ClN3O/c1-2-3-4-18(20-23-11-12-24-20)17-9-10-22-13-19(17)25-14-15-5-7-16(21)8-6-15/h5-13,18H,2-4,14H2,1H3,(H,23,24). The van der Waals surface area contributed by atoms with Gasteiger partial charge >= 0.3 is 0 Å². The molecule has 0 aliphatic heterocycles. The number of imidazole rings is 1. The van der Waals surface area contributed by atoms with Gasteiger partial charge in [-0.15, -0.1) is 0 Å². The molecule has 0 radical (unpaired) electrons. The summed E-state index contributed by atoms with van der Waals surface area (Å²) in [5.41, 5.74) is 2.19. The van der Waals surface area contributed by atoms with E-state index in [1.54, 1.807) is 12.4 Å². The van der Waals surface area contributed by atoms with E-state index >= 15 is 0 Å². The Balaban J connectivity index is 1.81. The fourth-order valence-corrected chi connectivity index (χ4v) is 2.98. The zero-order chi connectivity index (χ0) is 17.5. The lowest BCUT2D eigenvalue weighted by molar-refractivity contribution is 0.299. The number of aromatic nitrogens is 3. The first-order valence-corrected chi connectivity index (χ1v) is 8.96. The summed E-state index contributed by atoms with van der Waals surface area (Å²) >= 11 is 5.94. The first-order valence-electron chi connectivity index (χ1n) is 8.58. The summed E-state index contributed by atoms with van der Waals surface area (Å²) in [6, 6.07) is 9.72. The number of aromatic amines is 1. The van der Waals surface area contributed by atoms with Crippen molar-refractivity contribution in [3.63, 3.8) is 0 Å². The molecular formula is C20H22ClN3O. The highest BCUT2D eigenvalue weighted by atomic mass is 35.5. The van der Waals surface area contributed by atoms with Crippen LogP contribution in [0.3, 0.4) is 0 Å². The average molecular weight is 356 g/mol. The van der Waals surface area contributed by atoms with E-state index < -0.39 is 0 Å². The number of unbranched alkanes of at least 4 members (excludes halogenated alkanes) is 1. The molecule has 4 nitrogen and oxygen atoms in total. The number of hydrogen-bond acceptors (Lipinski definition) is 3. The summed E-state index contributed by atoms with van der Waals surface area (Å²) in [7, 11) is 0. The van der Waals surface area contributed by atoms with Crippen molar-refractivity contribution < 1.29 is 4.74 Å². The molecule has 0 fully saturated rings. The van der Waals surface area contributed by atoms with Crippen molar-refractivity contribution in [2.45, 2.75) is 38.7 Å². The molecule has 0 spiro atoms. The third kappa shape index (κ3) is 4.60. The molecule has 1 N–H and O–H groups in total. The Kier molecular flexibility index (Phi) is 6.07. The first-order chi connectivity index (χ1) is 12.3. The number of rotatable bonds is 8. The summed E-state index contributed by atoms with van der Waals surface area (Å²) in [5, 5.41) is 0.725. The molecule has 0 saturated carbocycles. The smallest absolute Gasteiger partial charge is 0.142 e. The molecular weight excluding hydrogens is 334 g/mol. The lowest BCUT2D eigenvalue weighted by Crippen LogP contribution is -2.07. The molecule has 1 aromatic carbocycles. The van der Waals surface area contributed by atoms with E-state index in [4.69, 9.17) is 16.3 Å². The SMILES string of the molecule is CCCCC(c1ncc[nH]1)c1ccncc1OCc1ccc(Cl)cc1. The van der Waals surface area contributed by atoms with E-state index in [9.17, 15) is 0 Å². The van der Waals surface area contributed by atoms with E-state index in [1.807, 2.05) is 42.7 Å². The summed E-state index contributed by atoms with van der Waals surface area (Å²) < 4.78 is 6.07. The van der Waals surface area contributed by atoms with Crippen LogP contribution in [0, 0.1) is 0 Å². The van der Waals surface area contributed by atoms with Crippen LogP contribution in [0.15, 0.2) is 55.1 Å². The predicted octanol–water partition coefficient (Wildman–Crippen LogP) is 5.36. The Bertz CT molecular complexity index is 772. The van der Waals surface area contributed by atoms with Gasteiger partial charge in [0.15, 0.2) is 0 Å².